The van der Waals surface area contributed by atoms with Crippen molar-refractivity contribution < 1.29 is 9.53 Å². The molecule has 0 aliphatic carbocycles. The van der Waals surface area contributed by atoms with Crippen LogP contribution in [0, 0.1) is 0 Å². The van der Waals surface area contributed by atoms with Crippen molar-refractivity contribution >= 4 is 5.91 Å². The van der Waals surface area contributed by atoms with E-state index in [9.17, 15) is 4.79 Å². The Kier molecular flexibility index (Phi) is 5.48. The number of ether oxygens (including phenoxy) is 1. The first-order chi connectivity index (χ1) is 11.8. The smallest absolute Gasteiger partial charge is 0.257 e. The molecular weight excluding hydrogens is 304 g/mol. The Balaban J connectivity index is 1.77. The predicted octanol–water partition coefficient (Wildman–Crippen LogP) is 2.26. The second-order valence-electron chi connectivity index (χ2n) is 5.88. The fourth-order valence-electron chi connectivity index (χ4n) is 2.77. The van der Waals surface area contributed by atoms with Crippen molar-refractivity contribution in [1.29, 1.82) is 0 Å². The average Bonchev–Trinajstić information content (AvgIpc) is 3.15. The number of rotatable bonds is 6. The Labute approximate surface area is 141 Å². The van der Waals surface area contributed by atoms with Gasteiger partial charge in [-0.1, -0.05) is 13.0 Å². The SMILES string of the molecule is CCc1ncc(C(=O)N(Cc2ccccn2)C[C@@H]2CCCO2)cn1. The number of aryl methyl sites for hydroxylation is 1. The standard InChI is InChI=1S/C18H22N4O2/c1-2-17-20-10-14(11-21-17)18(23)22(13-16-7-5-9-24-16)12-15-6-3-4-8-19-15/h3-4,6,8,10-11,16H,2,5,7,9,12-13H2,1H3/t16-/m0/s1. The fraction of sp³-hybridized carbons (Fsp3) is 0.444. The molecule has 1 saturated heterocycles. The van der Waals surface area contributed by atoms with Gasteiger partial charge in [-0.15, -0.1) is 0 Å². The van der Waals surface area contributed by atoms with Gasteiger partial charge in [-0.25, -0.2) is 9.97 Å². The Bertz CT molecular complexity index is 654. The maximum Gasteiger partial charge on any atom is 0.257 e. The molecule has 0 N–H and O–H groups in total. The number of amides is 1. The van der Waals surface area contributed by atoms with E-state index in [1.807, 2.05) is 25.1 Å². The summed E-state index contributed by atoms with van der Waals surface area (Å²) < 4.78 is 5.70. The zero-order valence-electron chi connectivity index (χ0n) is 13.9. The lowest BCUT2D eigenvalue weighted by molar-refractivity contribution is 0.0503. The first-order valence-corrected chi connectivity index (χ1v) is 8.38. The van der Waals surface area contributed by atoms with E-state index in [0.717, 1.165) is 37.4 Å². The molecular formula is C18H22N4O2. The first-order valence-electron chi connectivity index (χ1n) is 8.38. The molecule has 0 bridgehead atoms. The predicted molar refractivity (Wildman–Crippen MR) is 89.4 cm³/mol. The minimum absolute atomic E-state index is 0.0844. The molecule has 0 radical (unpaired) electrons. The summed E-state index contributed by atoms with van der Waals surface area (Å²) in [5.74, 6) is 0.653. The Morgan fingerprint density at radius 2 is 2.12 bits per heavy atom. The molecule has 3 heterocycles. The van der Waals surface area contributed by atoms with E-state index in [4.69, 9.17) is 4.74 Å². The fourth-order valence-corrected chi connectivity index (χ4v) is 2.77. The topological polar surface area (TPSA) is 68.2 Å². The molecule has 126 valence electrons. The van der Waals surface area contributed by atoms with E-state index < -0.39 is 0 Å². The van der Waals surface area contributed by atoms with Crippen molar-refractivity contribution in [3.05, 3.63) is 53.9 Å². The number of carbonyl (C=O) groups excluding carboxylic acids is 1. The summed E-state index contributed by atoms with van der Waals surface area (Å²) in [6, 6.07) is 5.72. The maximum absolute atomic E-state index is 12.9. The number of hydrogen-bond acceptors (Lipinski definition) is 5. The van der Waals surface area contributed by atoms with Crippen molar-refractivity contribution in [2.45, 2.75) is 38.8 Å². The van der Waals surface area contributed by atoms with Crippen LogP contribution in [0.1, 0.15) is 41.6 Å². The minimum Gasteiger partial charge on any atom is -0.376 e. The molecule has 0 spiro atoms. The molecule has 1 amide bonds. The molecule has 24 heavy (non-hydrogen) atoms. The number of nitrogens with zero attached hydrogens (tertiary/aromatic N) is 4. The number of pyridine rings is 1. The third-order valence-corrected chi connectivity index (χ3v) is 4.08. The van der Waals surface area contributed by atoms with Gasteiger partial charge in [0.15, 0.2) is 0 Å². The normalized spacial score (nSPS) is 17.0. The number of hydrogen-bond donors (Lipinski definition) is 0. The van der Waals surface area contributed by atoms with E-state index in [1.54, 1.807) is 23.5 Å². The molecule has 1 aliphatic rings. The second-order valence-corrected chi connectivity index (χ2v) is 5.88. The first kappa shape index (κ1) is 16.5. The Morgan fingerprint density at radius 1 is 1.29 bits per heavy atom. The van der Waals surface area contributed by atoms with Crippen LogP contribution in [-0.4, -0.2) is 45.0 Å². The minimum atomic E-state index is -0.0844. The van der Waals surface area contributed by atoms with Gasteiger partial charge in [0.25, 0.3) is 5.91 Å². The van der Waals surface area contributed by atoms with Gasteiger partial charge in [0.1, 0.15) is 5.82 Å². The largest absolute Gasteiger partial charge is 0.376 e. The summed E-state index contributed by atoms with van der Waals surface area (Å²) in [4.78, 5) is 27.5. The molecule has 2 aromatic heterocycles. The van der Waals surface area contributed by atoms with Crippen molar-refractivity contribution in [1.82, 2.24) is 19.9 Å². The Hall–Kier alpha value is -2.34. The lowest BCUT2D eigenvalue weighted by Crippen LogP contribution is -2.37. The van der Waals surface area contributed by atoms with Crippen LogP contribution in [0.5, 0.6) is 0 Å². The molecule has 0 aromatic carbocycles. The lowest BCUT2D eigenvalue weighted by atomic mass is 10.2. The van der Waals surface area contributed by atoms with Crippen molar-refractivity contribution in [2.24, 2.45) is 0 Å². The van der Waals surface area contributed by atoms with Gasteiger partial charge in [-0.2, -0.15) is 0 Å². The van der Waals surface area contributed by atoms with Crippen LogP contribution in [0.3, 0.4) is 0 Å². The van der Waals surface area contributed by atoms with Gasteiger partial charge < -0.3 is 9.64 Å². The second kappa shape index (κ2) is 7.97. The monoisotopic (exact) mass is 326 g/mol. The van der Waals surface area contributed by atoms with Gasteiger partial charge in [0.05, 0.1) is 23.9 Å². The highest BCUT2D eigenvalue weighted by Gasteiger charge is 2.24. The van der Waals surface area contributed by atoms with Crippen molar-refractivity contribution in [3.63, 3.8) is 0 Å². The summed E-state index contributed by atoms with van der Waals surface area (Å²) in [7, 11) is 0. The highest BCUT2D eigenvalue weighted by molar-refractivity contribution is 5.93. The highest BCUT2D eigenvalue weighted by atomic mass is 16.5. The number of carbonyl (C=O) groups is 1. The van der Waals surface area contributed by atoms with E-state index >= 15 is 0 Å². The van der Waals surface area contributed by atoms with Gasteiger partial charge in [0, 0.05) is 38.2 Å². The van der Waals surface area contributed by atoms with E-state index in [-0.39, 0.29) is 12.0 Å². The lowest BCUT2D eigenvalue weighted by Gasteiger charge is -2.25. The highest BCUT2D eigenvalue weighted by Crippen LogP contribution is 2.16. The van der Waals surface area contributed by atoms with Crippen LogP contribution < -0.4 is 0 Å². The molecule has 2 aromatic rings. The average molecular weight is 326 g/mol. The molecule has 6 nitrogen and oxygen atoms in total. The summed E-state index contributed by atoms with van der Waals surface area (Å²) in [6.07, 6.45) is 7.82. The van der Waals surface area contributed by atoms with Crippen LogP contribution in [0.15, 0.2) is 36.8 Å². The van der Waals surface area contributed by atoms with Gasteiger partial charge >= 0.3 is 0 Å². The summed E-state index contributed by atoms with van der Waals surface area (Å²) in [5.41, 5.74) is 1.36. The van der Waals surface area contributed by atoms with Crippen LogP contribution >= 0.6 is 0 Å². The zero-order chi connectivity index (χ0) is 16.8. The van der Waals surface area contributed by atoms with Crippen molar-refractivity contribution in [3.8, 4) is 0 Å². The van der Waals surface area contributed by atoms with Crippen LogP contribution in [-0.2, 0) is 17.7 Å². The van der Waals surface area contributed by atoms with Gasteiger partial charge in [-0.05, 0) is 25.0 Å². The summed E-state index contributed by atoms with van der Waals surface area (Å²) >= 11 is 0. The van der Waals surface area contributed by atoms with E-state index in [2.05, 4.69) is 15.0 Å². The molecule has 0 unspecified atom stereocenters. The number of aromatic nitrogens is 3. The van der Waals surface area contributed by atoms with Gasteiger partial charge in [0.2, 0.25) is 0 Å². The third kappa shape index (κ3) is 4.14. The molecule has 3 rings (SSSR count). The van der Waals surface area contributed by atoms with E-state index in [1.165, 1.54) is 0 Å². The molecule has 1 fully saturated rings. The van der Waals surface area contributed by atoms with Crippen LogP contribution in [0.4, 0.5) is 0 Å². The van der Waals surface area contributed by atoms with Crippen LogP contribution in [0.25, 0.3) is 0 Å². The maximum atomic E-state index is 12.9. The summed E-state index contributed by atoms with van der Waals surface area (Å²) in [5, 5.41) is 0. The third-order valence-electron chi connectivity index (χ3n) is 4.08. The Morgan fingerprint density at radius 3 is 2.75 bits per heavy atom. The zero-order valence-corrected chi connectivity index (χ0v) is 13.9. The molecule has 1 aliphatic heterocycles. The quantitative estimate of drug-likeness (QED) is 0.814. The molecule has 1 atom stereocenters. The van der Waals surface area contributed by atoms with Gasteiger partial charge in [-0.3, -0.25) is 9.78 Å². The van der Waals surface area contributed by atoms with E-state index in [0.29, 0.717) is 18.7 Å². The van der Waals surface area contributed by atoms with Crippen LogP contribution in [0.2, 0.25) is 0 Å². The van der Waals surface area contributed by atoms with Crippen molar-refractivity contribution in [2.75, 3.05) is 13.2 Å². The molecule has 6 heteroatoms. The summed E-state index contributed by atoms with van der Waals surface area (Å²) in [6.45, 7) is 3.77. The molecule has 0 saturated carbocycles.